The predicted octanol–water partition coefficient (Wildman–Crippen LogP) is 3.61. The zero-order valence-electron chi connectivity index (χ0n) is 18.5. The number of anilines is 2. The molecule has 1 aliphatic heterocycles. The van der Waals surface area contributed by atoms with Gasteiger partial charge in [-0.3, -0.25) is 4.79 Å². The molecule has 0 atom stereocenters. The van der Waals surface area contributed by atoms with E-state index in [1.165, 1.54) is 11.3 Å². The van der Waals surface area contributed by atoms with Crippen molar-refractivity contribution in [2.45, 2.75) is 26.8 Å². The SMILES string of the molecule is COc1c(C)cc(CN(C)CCC(=O)Nc2ccc(N3CCOCC3)cc2)cc1C. The van der Waals surface area contributed by atoms with Crippen LogP contribution in [-0.4, -0.2) is 57.8 Å². The largest absolute Gasteiger partial charge is 0.496 e. The number of carbonyl (C=O) groups is 1. The molecule has 2 aromatic carbocycles. The van der Waals surface area contributed by atoms with Crippen molar-refractivity contribution >= 4 is 17.3 Å². The maximum atomic E-state index is 12.4. The van der Waals surface area contributed by atoms with Crippen molar-refractivity contribution in [3.05, 3.63) is 53.1 Å². The molecule has 1 aliphatic rings. The highest BCUT2D eigenvalue weighted by atomic mass is 16.5. The average Bonchev–Trinajstić information content (AvgIpc) is 2.73. The first-order chi connectivity index (χ1) is 14.5. The summed E-state index contributed by atoms with van der Waals surface area (Å²) in [6.07, 6.45) is 0.454. The minimum absolute atomic E-state index is 0.0306. The van der Waals surface area contributed by atoms with Gasteiger partial charge in [0.05, 0.1) is 20.3 Å². The molecule has 1 saturated heterocycles. The molecule has 0 saturated carbocycles. The van der Waals surface area contributed by atoms with Crippen molar-refractivity contribution < 1.29 is 14.3 Å². The molecular weight excluding hydrogens is 378 g/mol. The number of hydrogen-bond acceptors (Lipinski definition) is 5. The van der Waals surface area contributed by atoms with Gasteiger partial charge in [-0.25, -0.2) is 0 Å². The molecule has 6 nitrogen and oxygen atoms in total. The molecule has 0 bridgehead atoms. The van der Waals surface area contributed by atoms with Crippen LogP contribution in [0.4, 0.5) is 11.4 Å². The van der Waals surface area contributed by atoms with Gasteiger partial charge in [-0.05, 0) is 61.9 Å². The Morgan fingerprint density at radius 3 is 2.37 bits per heavy atom. The Bertz CT molecular complexity index is 822. The first kappa shape index (κ1) is 22.1. The Morgan fingerprint density at radius 1 is 1.13 bits per heavy atom. The lowest BCUT2D eigenvalue weighted by molar-refractivity contribution is -0.116. The number of hydrogen-bond donors (Lipinski definition) is 1. The summed E-state index contributed by atoms with van der Waals surface area (Å²) in [5, 5.41) is 3.00. The first-order valence-electron chi connectivity index (χ1n) is 10.5. The Balaban J connectivity index is 1.46. The van der Waals surface area contributed by atoms with E-state index in [4.69, 9.17) is 9.47 Å². The molecule has 1 N–H and O–H groups in total. The van der Waals surface area contributed by atoms with Gasteiger partial charge < -0.3 is 24.6 Å². The van der Waals surface area contributed by atoms with E-state index in [2.05, 4.69) is 53.2 Å². The summed E-state index contributed by atoms with van der Waals surface area (Å²) >= 11 is 0. The standard InChI is InChI=1S/C24H33N3O3/c1-18-15-20(16-19(2)24(18)29-4)17-26(3)10-9-23(28)25-21-5-7-22(8-6-21)27-11-13-30-14-12-27/h5-8,15-16H,9-14,17H2,1-4H3,(H,25,28). The molecule has 2 aromatic rings. The number of morpholine rings is 1. The molecule has 3 rings (SSSR count). The Morgan fingerprint density at radius 2 is 1.77 bits per heavy atom. The highest BCUT2D eigenvalue weighted by Crippen LogP contribution is 2.25. The van der Waals surface area contributed by atoms with Gasteiger partial charge in [-0.2, -0.15) is 0 Å². The quantitative estimate of drug-likeness (QED) is 0.719. The summed E-state index contributed by atoms with van der Waals surface area (Å²) in [4.78, 5) is 16.8. The topological polar surface area (TPSA) is 54.0 Å². The molecule has 30 heavy (non-hydrogen) atoms. The van der Waals surface area contributed by atoms with Crippen molar-refractivity contribution in [1.82, 2.24) is 4.90 Å². The lowest BCUT2D eigenvalue weighted by atomic mass is 10.1. The third kappa shape index (κ3) is 5.97. The van der Waals surface area contributed by atoms with Crippen LogP contribution >= 0.6 is 0 Å². The maximum absolute atomic E-state index is 12.4. The van der Waals surface area contributed by atoms with E-state index in [0.29, 0.717) is 13.0 Å². The van der Waals surface area contributed by atoms with Gasteiger partial charge in [-0.15, -0.1) is 0 Å². The zero-order valence-corrected chi connectivity index (χ0v) is 18.5. The van der Waals surface area contributed by atoms with Crippen LogP contribution in [0.25, 0.3) is 0 Å². The summed E-state index contributed by atoms with van der Waals surface area (Å²) in [5.74, 6) is 0.975. The van der Waals surface area contributed by atoms with Crippen LogP contribution in [0.15, 0.2) is 36.4 Å². The van der Waals surface area contributed by atoms with Crippen LogP contribution < -0.4 is 15.0 Å². The highest BCUT2D eigenvalue weighted by molar-refractivity contribution is 5.91. The monoisotopic (exact) mass is 411 g/mol. The molecule has 0 aliphatic carbocycles. The van der Waals surface area contributed by atoms with Crippen molar-refractivity contribution in [2.75, 3.05) is 57.2 Å². The second-order valence-electron chi connectivity index (χ2n) is 7.95. The van der Waals surface area contributed by atoms with Crippen LogP contribution in [0.2, 0.25) is 0 Å². The molecular formula is C24H33N3O3. The Kier molecular flexibility index (Phi) is 7.71. The number of amides is 1. The van der Waals surface area contributed by atoms with Crippen LogP contribution in [0.5, 0.6) is 5.75 Å². The minimum atomic E-state index is 0.0306. The van der Waals surface area contributed by atoms with E-state index < -0.39 is 0 Å². The second-order valence-corrected chi connectivity index (χ2v) is 7.95. The van der Waals surface area contributed by atoms with E-state index in [1.807, 2.05) is 19.2 Å². The average molecular weight is 412 g/mol. The molecule has 0 aromatic heterocycles. The molecule has 6 heteroatoms. The van der Waals surface area contributed by atoms with Crippen molar-refractivity contribution in [2.24, 2.45) is 0 Å². The number of nitrogens with zero attached hydrogens (tertiary/aromatic N) is 2. The van der Waals surface area contributed by atoms with Gasteiger partial charge in [0, 0.05) is 44.0 Å². The third-order valence-corrected chi connectivity index (χ3v) is 5.42. The molecule has 0 radical (unpaired) electrons. The lowest BCUT2D eigenvalue weighted by Gasteiger charge is -2.28. The van der Waals surface area contributed by atoms with Gasteiger partial charge in [0.15, 0.2) is 0 Å². The highest BCUT2D eigenvalue weighted by Gasteiger charge is 2.12. The Hall–Kier alpha value is -2.57. The van der Waals surface area contributed by atoms with Crippen LogP contribution in [-0.2, 0) is 16.1 Å². The summed E-state index contributed by atoms with van der Waals surface area (Å²) in [6, 6.07) is 12.4. The maximum Gasteiger partial charge on any atom is 0.225 e. The van der Waals surface area contributed by atoms with E-state index in [1.54, 1.807) is 7.11 Å². The summed E-state index contributed by atoms with van der Waals surface area (Å²) < 4.78 is 10.8. The number of nitrogens with one attached hydrogen (secondary N) is 1. The Labute approximate surface area is 179 Å². The number of carbonyl (C=O) groups excluding carboxylic acids is 1. The number of methoxy groups -OCH3 is 1. The van der Waals surface area contributed by atoms with E-state index >= 15 is 0 Å². The van der Waals surface area contributed by atoms with Crippen LogP contribution in [0.3, 0.4) is 0 Å². The number of benzene rings is 2. The fraction of sp³-hybridized carbons (Fsp3) is 0.458. The summed E-state index contributed by atoms with van der Waals surface area (Å²) in [5.41, 5.74) is 5.51. The zero-order chi connectivity index (χ0) is 21.5. The predicted molar refractivity (Wildman–Crippen MR) is 122 cm³/mol. The van der Waals surface area contributed by atoms with Gasteiger partial charge in [0.1, 0.15) is 5.75 Å². The van der Waals surface area contributed by atoms with Gasteiger partial charge in [-0.1, -0.05) is 12.1 Å². The van der Waals surface area contributed by atoms with Gasteiger partial charge in [0.25, 0.3) is 0 Å². The normalized spacial score (nSPS) is 14.1. The van der Waals surface area contributed by atoms with Crippen molar-refractivity contribution in [3.63, 3.8) is 0 Å². The fourth-order valence-corrected chi connectivity index (χ4v) is 3.94. The van der Waals surface area contributed by atoms with Crippen LogP contribution in [0.1, 0.15) is 23.1 Å². The number of ether oxygens (including phenoxy) is 2. The van der Waals surface area contributed by atoms with E-state index in [0.717, 1.165) is 55.4 Å². The van der Waals surface area contributed by atoms with Gasteiger partial charge in [0.2, 0.25) is 5.91 Å². The fourth-order valence-electron chi connectivity index (χ4n) is 3.94. The lowest BCUT2D eigenvalue weighted by Crippen LogP contribution is -2.36. The number of aryl methyl sites for hydroxylation is 2. The first-order valence-corrected chi connectivity index (χ1v) is 10.5. The number of rotatable bonds is 8. The smallest absolute Gasteiger partial charge is 0.225 e. The molecule has 0 unspecified atom stereocenters. The minimum Gasteiger partial charge on any atom is -0.496 e. The van der Waals surface area contributed by atoms with E-state index in [-0.39, 0.29) is 5.91 Å². The summed E-state index contributed by atoms with van der Waals surface area (Å²) in [6.45, 7) is 8.97. The molecule has 1 amide bonds. The van der Waals surface area contributed by atoms with Crippen LogP contribution in [0, 0.1) is 13.8 Å². The summed E-state index contributed by atoms with van der Waals surface area (Å²) in [7, 11) is 3.75. The molecule has 0 spiro atoms. The van der Waals surface area contributed by atoms with E-state index in [9.17, 15) is 4.79 Å². The van der Waals surface area contributed by atoms with Crippen molar-refractivity contribution in [3.8, 4) is 5.75 Å². The van der Waals surface area contributed by atoms with Crippen molar-refractivity contribution in [1.29, 1.82) is 0 Å². The third-order valence-electron chi connectivity index (χ3n) is 5.42. The molecule has 1 heterocycles. The molecule has 1 fully saturated rings. The molecule has 162 valence electrons. The second kappa shape index (κ2) is 10.5. The van der Waals surface area contributed by atoms with Gasteiger partial charge >= 0.3 is 0 Å².